The predicted molar refractivity (Wildman–Crippen MR) is 109 cm³/mol. The lowest BCUT2D eigenvalue weighted by molar-refractivity contribution is -0.121. The van der Waals surface area contributed by atoms with E-state index in [2.05, 4.69) is 16.0 Å². The summed E-state index contributed by atoms with van der Waals surface area (Å²) in [5, 5.41) is 5.45. The second kappa shape index (κ2) is 8.46. The van der Waals surface area contributed by atoms with Crippen molar-refractivity contribution in [3.05, 3.63) is 81.1 Å². The van der Waals surface area contributed by atoms with Gasteiger partial charge < -0.3 is 0 Å². The highest BCUT2D eigenvalue weighted by molar-refractivity contribution is 6.33. The van der Waals surface area contributed by atoms with Crippen molar-refractivity contribution in [2.75, 3.05) is 0 Å². The summed E-state index contributed by atoms with van der Waals surface area (Å²) in [4.78, 5) is 24.5. The molecule has 2 aromatic carbocycles. The van der Waals surface area contributed by atoms with Gasteiger partial charge in [-0.05, 0) is 50.2 Å². The van der Waals surface area contributed by atoms with Crippen LogP contribution in [-0.4, -0.2) is 21.6 Å². The van der Waals surface area contributed by atoms with Crippen LogP contribution < -0.4 is 10.9 Å². The molecule has 0 bridgehead atoms. The van der Waals surface area contributed by atoms with Gasteiger partial charge in [-0.1, -0.05) is 35.3 Å². The van der Waals surface area contributed by atoms with Gasteiger partial charge in [0.05, 0.1) is 28.4 Å². The maximum atomic E-state index is 12.3. The van der Waals surface area contributed by atoms with E-state index in [1.54, 1.807) is 41.1 Å². The van der Waals surface area contributed by atoms with Crippen LogP contribution in [0.5, 0.6) is 0 Å². The number of aromatic nitrogens is 2. The molecule has 0 atom stereocenters. The van der Waals surface area contributed by atoms with Gasteiger partial charge in [0.1, 0.15) is 0 Å². The number of amides is 2. The zero-order valence-electron chi connectivity index (χ0n) is 15.3. The van der Waals surface area contributed by atoms with E-state index in [4.69, 9.17) is 23.2 Å². The monoisotopic (exact) mass is 416 g/mol. The summed E-state index contributed by atoms with van der Waals surface area (Å²) >= 11 is 11.9. The molecule has 6 nitrogen and oxygen atoms in total. The minimum absolute atomic E-state index is 0.0774. The summed E-state index contributed by atoms with van der Waals surface area (Å²) < 4.78 is 1.76. The highest BCUT2D eigenvalue weighted by atomic mass is 35.5. The molecule has 144 valence electrons. The summed E-state index contributed by atoms with van der Waals surface area (Å²) in [6, 6.07) is 13.9. The molecule has 28 heavy (non-hydrogen) atoms. The van der Waals surface area contributed by atoms with Gasteiger partial charge in [0.2, 0.25) is 5.91 Å². The van der Waals surface area contributed by atoms with Crippen LogP contribution in [-0.2, 0) is 11.2 Å². The van der Waals surface area contributed by atoms with Crippen LogP contribution in [0.25, 0.3) is 5.69 Å². The Morgan fingerprint density at radius 1 is 1.00 bits per heavy atom. The smallest absolute Gasteiger partial charge is 0.271 e. The van der Waals surface area contributed by atoms with E-state index in [1.165, 1.54) is 0 Å². The molecule has 0 aliphatic heterocycles. The minimum atomic E-state index is -0.482. The molecule has 0 aliphatic carbocycles. The van der Waals surface area contributed by atoms with Crippen molar-refractivity contribution in [3.8, 4) is 5.69 Å². The van der Waals surface area contributed by atoms with E-state index in [0.717, 1.165) is 22.6 Å². The molecule has 3 rings (SSSR count). The lowest BCUT2D eigenvalue weighted by Gasteiger charge is -2.09. The number of nitrogens with zero attached hydrogens (tertiary/aromatic N) is 2. The Morgan fingerprint density at radius 3 is 2.36 bits per heavy atom. The van der Waals surface area contributed by atoms with Crippen LogP contribution in [0.15, 0.2) is 48.5 Å². The molecule has 0 saturated carbocycles. The fourth-order valence-corrected chi connectivity index (χ4v) is 3.16. The van der Waals surface area contributed by atoms with E-state index < -0.39 is 5.91 Å². The normalized spacial score (nSPS) is 10.6. The van der Waals surface area contributed by atoms with Crippen molar-refractivity contribution in [3.63, 3.8) is 0 Å². The Bertz CT molecular complexity index is 1030. The van der Waals surface area contributed by atoms with Gasteiger partial charge in [0.15, 0.2) is 0 Å². The van der Waals surface area contributed by atoms with Crippen LogP contribution in [0.2, 0.25) is 10.0 Å². The molecule has 2 N–H and O–H groups in total. The number of hydrogen-bond acceptors (Lipinski definition) is 3. The van der Waals surface area contributed by atoms with Crippen molar-refractivity contribution < 1.29 is 9.59 Å². The molecule has 0 saturated heterocycles. The zero-order valence-corrected chi connectivity index (χ0v) is 16.8. The third kappa shape index (κ3) is 4.35. The fourth-order valence-electron chi connectivity index (χ4n) is 2.81. The van der Waals surface area contributed by atoms with Crippen molar-refractivity contribution in [1.29, 1.82) is 0 Å². The van der Waals surface area contributed by atoms with Gasteiger partial charge in [0, 0.05) is 16.3 Å². The van der Waals surface area contributed by atoms with Crippen LogP contribution in [0.3, 0.4) is 0 Å². The van der Waals surface area contributed by atoms with Crippen molar-refractivity contribution in [1.82, 2.24) is 20.6 Å². The molecular formula is C20H18Cl2N4O2. The quantitative estimate of drug-likeness (QED) is 0.634. The Balaban J connectivity index is 1.68. The number of carbonyl (C=O) groups excluding carboxylic acids is 2. The second-order valence-electron chi connectivity index (χ2n) is 6.20. The third-order valence-electron chi connectivity index (χ3n) is 4.28. The van der Waals surface area contributed by atoms with Crippen LogP contribution >= 0.6 is 23.2 Å². The number of hydrogen-bond donors (Lipinski definition) is 2. The maximum absolute atomic E-state index is 12.3. The first-order chi connectivity index (χ1) is 13.4. The molecule has 0 radical (unpaired) electrons. The van der Waals surface area contributed by atoms with Gasteiger partial charge in [-0.3, -0.25) is 20.4 Å². The highest BCUT2D eigenvalue weighted by Gasteiger charge is 2.17. The largest absolute Gasteiger partial charge is 0.273 e. The lowest BCUT2D eigenvalue weighted by Crippen LogP contribution is -2.42. The average molecular weight is 417 g/mol. The molecular weight excluding hydrogens is 399 g/mol. The topological polar surface area (TPSA) is 76.0 Å². The Morgan fingerprint density at radius 2 is 1.68 bits per heavy atom. The Kier molecular flexibility index (Phi) is 6.02. The van der Waals surface area contributed by atoms with Crippen molar-refractivity contribution in [2.45, 2.75) is 20.3 Å². The second-order valence-corrected chi connectivity index (χ2v) is 7.04. The number of aryl methyl sites for hydroxylation is 1. The van der Waals surface area contributed by atoms with Crippen LogP contribution in [0.1, 0.15) is 27.3 Å². The summed E-state index contributed by atoms with van der Waals surface area (Å²) in [5.41, 5.74) is 8.30. The van der Waals surface area contributed by atoms with Crippen molar-refractivity contribution in [2.24, 2.45) is 0 Å². The van der Waals surface area contributed by atoms with E-state index in [0.29, 0.717) is 10.0 Å². The van der Waals surface area contributed by atoms with Crippen LogP contribution in [0.4, 0.5) is 0 Å². The molecule has 0 aliphatic rings. The van der Waals surface area contributed by atoms with Gasteiger partial charge in [-0.2, -0.15) is 5.10 Å². The van der Waals surface area contributed by atoms with Gasteiger partial charge in [-0.15, -0.1) is 0 Å². The molecule has 0 spiro atoms. The lowest BCUT2D eigenvalue weighted by atomic mass is 10.1. The minimum Gasteiger partial charge on any atom is -0.273 e. The first-order valence-corrected chi connectivity index (χ1v) is 9.27. The summed E-state index contributed by atoms with van der Waals surface area (Å²) in [5.74, 6) is -0.841. The van der Waals surface area contributed by atoms with E-state index in [1.807, 2.05) is 26.0 Å². The molecule has 1 aromatic heterocycles. The molecule has 1 heterocycles. The van der Waals surface area contributed by atoms with Crippen molar-refractivity contribution >= 4 is 35.0 Å². The summed E-state index contributed by atoms with van der Waals surface area (Å²) in [6.07, 6.45) is 0.0774. The predicted octanol–water partition coefficient (Wildman–Crippen LogP) is 3.80. The van der Waals surface area contributed by atoms with E-state index in [9.17, 15) is 9.59 Å². The van der Waals surface area contributed by atoms with E-state index in [-0.39, 0.29) is 17.9 Å². The molecule has 8 heteroatoms. The Hall–Kier alpha value is -2.83. The third-order valence-corrected chi connectivity index (χ3v) is 4.87. The van der Waals surface area contributed by atoms with Crippen LogP contribution in [0, 0.1) is 13.8 Å². The molecule has 2 amide bonds. The number of halogens is 2. The summed E-state index contributed by atoms with van der Waals surface area (Å²) in [6.45, 7) is 3.73. The fraction of sp³-hybridized carbons (Fsp3) is 0.150. The summed E-state index contributed by atoms with van der Waals surface area (Å²) in [7, 11) is 0. The van der Waals surface area contributed by atoms with Gasteiger partial charge in [0.25, 0.3) is 5.91 Å². The first-order valence-electron chi connectivity index (χ1n) is 8.51. The van der Waals surface area contributed by atoms with Gasteiger partial charge in [-0.25, -0.2) is 4.68 Å². The first kappa shape index (κ1) is 19.9. The number of carbonyl (C=O) groups is 2. The number of benzene rings is 2. The maximum Gasteiger partial charge on any atom is 0.271 e. The highest BCUT2D eigenvalue weighted by Crippen LogP contribution is 2.20. The van der Waals surface area contributed by atoms with Gasteiger partial charge >= 0.3 is 0 Å². The number of nitrogens with one attached hydrogen (secondary N) is 2. The number of hydrazine groups is 1. The molecule has 0 fully saturated rings. The zero-order chi connectivity index (χ0) is 20.3. The standard InChI is InChI=1S/C20H18Cl2N4O2/c1-12-17(13(2)26(25-12)15-9-7-14(21)8-10-15)11-19(27)23-24-20(28)16-5-3-4-6-18(16)22/h3-10H,11H2,1-2H3,(H,23,27)(H,24,28). The SMILES string of the molecule is Cc1nn(-c2ccc(Cl)cc2)c(C)c1CC(=O)NNC(=O)c1ccccc1Cl. The average Bonchev–Trinajstić information content (AvgIpc) is 2.95. The Labute approximate surface area is 172 Å². The van der Waals surface area contributed by atoms with E-state index >= 15 is 0 Å². The molecule has 0 unspecified atom stereocenters. The molecule has 3 aromatic rings. The number of rotatable bonds is 4.